The predicted molar refractivity (Wildman–Crippen MR) is 50.6 cm³/mol. The third kappa shape index (κ3) is 3.74. The molecule has 0 unspecified atom stereocenters. The van der Waals surface area contributed by atoms with Crippen LogP contribution in [-0.2, 0) is 9.53 Å². The molecule has 1 N–H and O–H groups in total. The Morgan fingerprint density at radius 3 is 2.77 bits per heavy atom. The molecule has 1 aliphatic rings. The van der Waals surface area contributed by atoms with Crippen molar-refractivity contribution in [1.82, 2.24) is 10.2 Å². The number of carbonyl (C=O) groups excluding carboxylic acids is 1. The SMILES string of the molecule is COCCNCC(=O)N1CCCC1. The second kappa shape index (κ2) is 5.94. The zero-order valence-corrected chi connectivity index (χ0v) is 8.21. The quantitative estimate of drug-likeness (QED) is 0.607. The molecule has 4 heteroatoms. The maximum Gasteiger partial charge on any atom is 0.236 e. The second-order valence-electron chi connectivity index (χ2n) is 3.26. The number of rotatable bonds is 5. The number of ether oxygens (including phenoxy) is 1. The van der Waals surface area contributed by atoms with Crippen molar-refractivity contribution in [2.75, 3.05) is 39.9 Å². The minimum absolute atomic E-state index is 0.216. The van der Waals surface area contributed by atoms with Crippen LogP contribution >= 0.6 is 0 Å². The minimum Gasteiger partial charge on any atom is -0.383 e. The van der Waals surface area contributed by atoms with Crippen molar-refractivity contribution in [1.29, 1.82) is 0 Å². The Morgan fingerprint density at radius 1 is 1.46 bits per heavy atom. The summed E-state index contributed by atoms with van der Waals surface area (Å²) in [4.78, 5) is 13.3. The van der Waals surface area contributed by atoms with Crippen LogP contribution in [0, 0.1) is 0 Å². The van der Waals surface area contributed by atoms with Crippen LogP contribution in [0.2, 0.25) is 0 Å². The molecular formula is C9H18N2O2. The summed E-state index contributed by atoms with van der Waals surface area (Å²) in [5.41, 5.74) is 0. The number of methoxy groups -OCH3 is 1. The maximum absolute atomic E-state index is 11.4. The summed E-state index contributed by atoms with van der Waals surface area (Å²) in [6.45, 7) is 3.72. The summed E-state index contributed by atoms with van der Waals surface area (Å²) in [5, 5.41) is 3.05. The average Bonchev–Trinajstić information content (AvgIpc) is 2.65. The fraction of sp³-hybridized carbons (Fsp3) is 0.889. The van der Waals surface area contributed by atoms with E-state index in [0.29, 0.717) is 13.2 Å². The average molecular weight is 186 g/mol. The molecule has 0 atom stereocenters. The first kappa shape index (κ1) is 10.5. The van der Waals surface area contributed by atoms with Crippen molar-refractivity contribution in [3.05, 3.63) is 0 Å². The number of hydrogen-bond acceptors (Lipinski definition) is 3. The zero-order valence-electron chi connectivity index (χ0n) is 8.21. The number of nitrogens with one attached hydrogen (secondary N) is 1. The third-order valence-electron chi connectivity index (χ3n) is 2.22. The largest absolute Gasteiger partial charge is 0.383 e. The van der Waals surface area contributed by atoms with Gasteiger partial charge in [-0.05, 0) is 12.8 Å². The van der Waals surface area contributed by atoms with Crippen molar-refractivity contribution in [2.24, 2.45) is 0 Å². The van der Waals surface area contributed by atoms with Crippen molar-refractivity contribution in [3.8, 4) is 0 Å². The molecule has 13 heavy (non-hydrogen) atoms. The zero-order chi connectivity index (χ0) is 9.52. The van der Waals surface area contributed by atoms with Crippen molar-refractivity contribution >= 4 is 5.91 Å². The lowest BCUT2D eigenvalue weighted by Gasteiger charge is -2.15. The van der Waals surface area contributed by atoms with Crippen molar-refractivity contribution in [2.45, 2.75) is 12.8 Å². The van der Waals surface area contributed by atoms with Crippen LogP contribution in [0.4, 0.5) is 0 Å². The van der Waals surface area contributed by atoms with Gasteiger partial charge in [-0.3, -0.25) is 4.79 Å². The molecule has 0 aromatic heterocycles. The smallest absolute Gasteiger partial charge is 0.236 e. The number of nitrogens with zero attached hydrogens (tertiary/aromatic N) is 1. The minimum atomic E-state index is 0.216. The number of likely N-dealkylation sites (tertiary alicyclic amines) is 1. The Bertz CT molecular complexity index is 156. The predicted octanol–water partition coefficient (Wildman–Crippen LogP) is -0.155. The fourth-order valence-electron chi connectivity index (χ4n) is 1.45. The van der Waals surface area contributed by atoms with Crippen molar-refractivity contribution in [3.63, 3.8) is 0 Å². The summed E-state index contributed by atoms with van der Waals surface area (Å²) >= 11 is 0. The van der Waals surface area contributed by atoms with Crippen LogP contribution in [0.1, 0.15) is 12.8 Å². The molecule has 0 saturated carbocycles. The molecule has 0 radical (unpaired) electrons. The molecular weight excluding hydrogens is 168 g/mol. The second-order valence-corrected chi connectivity index (χ2v) is 3.26. The Kier molecular flexibility index (Phi) is 4.78. The summed E-state index contributed by atoms with van der Waals surface area (Å²) in [7, 11) is 1.66. The summed E-state index contributed by atoms with van der Waals surface area (Å²) in [5.74, 6) is 0.216. The first-order valence-corrected chi connectivity index (χ1v) is 4.82. The highest BCUT2D eigenvalue weighted by Gasteiger charge is 2.16. The van der Waals surface area contributed by atoms with Crippen LogP contribution in [0.3, 0.4) is 0 Å². The number of hydrogen-bond donors (Lipinski definition) is 1. The number of carbonyl (C=O) groups is 1. The molecule has 1 amide bonds. The van der Waals surface area contributed by atoms with Gasteiger partial charge in [-0.15, -0.1) is 0 Å². The highest BCUT2D eigenvalue weighted by molar-refractivity contribution is 5.78. The topological polar surface area (TPSA) is 41.6 Å². The van der Waals surface area contributed by atoms with Gasteiger partial charge in [0, 0.05) is 26.7 Å². The van der Waals surface area contributed by atoms with Gasteiger partial charge in [0.2, 0.25) is 5.91 Å². The van der Waals surface area contributed by atoms with Crippen LogP contribution in [0.5, 0.6) is 0 Å². The maximum atomic E-state index is 11.4. The van der Waals surface area contributed by atoms with Gasteiger partial charge in [0.05, 0.1) is 13.2 Å². The first-order valence-electron chi connectivity index (χ1n) is 4.82. The molecule has 76 valence electrons. The highest BCUT2D eigenvalue weighted by atomic mass is 16.5. The molecule has 4 nitrogen and oxygen atoms in total. The van der Waals surface area contributed by atoms with E-state index in [9.17, 15) is 4.79 Å². The number of amides is 1. The Hall–Kier alpha value is -0.610. The monoisotopic (exact) mass is 186 g/mol. The van der Waals surface area contributed by atoms with Crippen LogP contribution in [0.15, 0.2) is 0 Å². The van der Waals surface area contributed by atoms with Crippen LogP contribution in [0.25, 0.3) is 0 Å². The van der Waals surface area contributed by atoms with E-state index in [1.165, 1.54) is 0 Å². The lowest BCUT2D eigenvalue weighted by Crippen LogP contribution is -2.37. The molecule has 0 spiro atoms. The lowest BCUT2D eigenvalue weighted by molar-refractivity contribution is -0.129. The lowest BCUT2D eigenvalue weighted by atomic mass is 10.4. The van der Waals surface area contributed by atoms with E-state index >= 15 is 0 Å². The first-order chi connectivity index (χ1) is 6.34. The van der Waals surface area contributed by atoms with E-state index in [2.05, 4.69) is 5.32 Å². The van der Waals surface area contributed by atoms with E-state index in [0.717, 1.165) is 32.5 Å². The van der Waals surface area contributed by atoms with E-state index in [4.69, 9.17) is 4.74 Å². The highest BCUT2D eigenvalue weighted by Crippen LogP contribution is 2.06. The normalized spacial score (nSPS) is 16.5. The van der Waals surface area contributed by atoms with Gasteiger partial charge in [-0.1, -0.05) is 0 Å². The van der Waals surface area contributed by atoms with Gasteiger partial charge in [0.1, 0.15) is 0 Å². The molecule has 1 aliphatic heterocycles. The van der Waals surface area contributed by atoms with Crippen molar-refractivity contribution < 1.29 is 9.53 Å². The molecule has 1 heterocycles. The molecule has 1 saturated heterocycles. The van der Waals surface area contributed by atoms with Crippen LogP contribution < -0.4 is 5.32 Å². The Labute approximate surface area is 79.2 Å². The molecule has 1 fully saturated rings. The van der Waals surface area contributed by atoms with Gasteiger partial charge >= 0.3 is 0 Å². The Balaban J connectivity index is 2.03. The molecule has 0 aliphatic carbocycles. The van der Waals surface area contributed by atoms with Crippen LogP contribution in [-0.4, -0.2) is 50.7 Å². The van der Waals surface area contributed by atoms with E-state index < -0.39 is 0 Å². The van der Waals surface area contributed by atoms with E-state index in [-0.39, 0.29) is 5.91 Å². The molecule has 0 aromatic rings. The summed E-state index contributed by atoms with van der Waals surface area (Å²) < 4.78 is 4.86. The van der Waals surface area contributed by atoms with E-state index in [1.807, 2.05) is 4.90 Å². The fourth-order valence-corrected chi connectivity index (χ4v) is 1.45. The van der Waals surface area contributed by atoms with Gasteiger partial charge in [-0.2, -0.15) is 0 Å². The van der Waals surface area contributed by atoms with Gasteiger partial charge in [0.25, 0.3) is 0 Å². The van der Waals surface area contributed by atoms with Gasteiger partial charge in [0.15, 0.2) is 0 Å². The Morgan fingerprint density at radius 2 is 2.15 bits per heavy atom. The molecule has 0 bridgehead atoms. The van der Waals surface area contributed by atoms with E-state index in [1.54, 1.807) is 7.11 Å². The van der Waals surface area contributed by atoms with Gasteiger partial charge in [-0.25, -0.2) is 0 Å². The third-order valence-corrected chi connectivity index (χ3v) is 2.22. The summed E-state index contributed by atoms with van der Waals surface area (Å²) in [6.07, 6.45) is 2.31. The molecule has 0 aromatic carbocycles. The molecule has 1 rings (SSSR count). The standard InChI is InChI=1S/C9H18N2O2/c1-13-7-4-10-8-9(12)11-5-2-3-6-11/h10H,2-8H2,1H3. The van der Waals surface area contributed by atoms with Gasteiger partial charge < -0.3 is 15.0 Å². The summed E-state index contributed by atoms with van der Waals surface area (Å²) in [6, 6.07) is 0.